The Morgan fingerprint density at radius 2 is 2.11 bits per heavy atom. The fraction of sp³-hybridized carbons (Fsp3) is 0.263. The summed E-state index contributed by atoms with van der Waals surface area (Å²) in [7, 11) is 0. The molecule has 0 bridgehead atoms. The third kappa shape index (κ3) is 3.89. The van der Waals surface area contributed by atoms with Gasteiger partial charge in [-0.1, -0.05) is 6.08 Å². The zero-order chi connectivity index (χ0) is 19.4. The monoisotopic (exact) mass is 368 g/mol. The predicted octanol–water partition coefficient (Wildman–Crippen LogP) is 3.56. The van der Waals surface area contributed by atoms with Crippen molar-refractivity contribution < 1.29 is 14.1 Å². The zero-order valence-electron chi connectivity index (χ0n) is 14.9. The second-order valence-corrected chi connectivity index (χ2v) is 6.18. The molecule has 0 saturated carbocycles. The van der Waals surface area contributed by atoms with E-state index in [0.717, 1.165) is 41.9 Å². The number of nitrogens with zero attached hydrogens (tertiary/aromatic N) is 2. The molecule has 2 N–H and O–H groups in total. The smallest absolute Gasteiger partial charge is 0.287 e. The van der Waals surface area contributed by atoms with Gasteiger partial charge in [0.1, 0.15) is 5.76 Å². The van der Waals surface area contributed by atoms with Gasteiger partial charge in [-0.2, -0.15) is 5.10 Å². The summed E-state index contributed by atoms with van der Waals surface area (Å²) in [5.41, 5.74) is 6.02. The number of non-ortho nitro benzene ring substituents is 1. The first-order valence-electron chi connectivity index (χ1n) is 8.60. The number of fused-ring (bicyclic) bond motifs is 1. The number of anilines is 1. The molecule has 0 unspecified atom stereocenters. The Morgan fingerprint density at radius 3 is 2.78 bits per heavy atom. The minimum atomic E-state index is -0.448. The molecule has 1 amide bonds. The SMILES string of the molecule is C=CCNC(=O)c1oc2c(c1C)/C(=N/Nc1ccc([N+](=O)[O-])cc1)CCC2. The normalized spacial score (nSPS) is 14.5. The van der Waals surface area contributed by atoms with Crippen LogP contribution in [0.1, 0.15) is 40.3 Å². The van der Waals surface area contributed by atoms with Crippen LogP contribution in [0.3, 0.4) is 0 Å². The van der Waals surface area contributed by atoms with E-state index in [1.807, 2.05) is 6.92 Å². The molecule has 0 radical (unpaired) electrons. The van der Waals surface area contributed by atoms with Crippen molar-refractivity contribution in [2.75, 3.05) is 12.0 Å². The van der Waals surface area contributed by atoms with Gasteiger partial charge in [0.05, 0.1) is 16.3 Å². The molecule has 1 aliphatic carbocycles. The molecule has 0 spiro atoms. The van der Waals surface area contributed by atoms with Gasteiger partial charge in [-0.25, -0.2) is 0 Å². The number of furan rings is 1. The van der Waals surface area contributed by atoms with Gasteiger partial charge in [0.2, 0.25) is 0 Å². The van der Waals surface area contributed by atoms with Crippen molar-refractivity contribution in [1.29, 1.82) is 0 Å². The largest absolute Gasteiger partial charge is 0.455 e. The highest BCUT2D eigenvalue weighted by Gasteiger charge is 2.27. The Balaban J connectivity index is 1.83. The van der Waals surface area contributed by atoms with Gasteiger partial charge in [-0.3, -0.25) is 20.3 Å². The standard InChI is InChI=1S/C19H20N4O4/c1-3-11-20-19(24)18-12(2)17-15(5-4-6-16(17)27-18)22-21-13-7-9-14(10-8-13)23(25)26/h3,7-10,21H,1,4-6,11H2,2H3,(H,20,24)/b22-15+. The van der Waals surface area contributed by atoms with Crippen molar-refractivity contribution >= 4 is 23.0 Å². The second-order valence-electron chi connectivity index (χ2n) is 6.18. The van der Waals surface area contributed by atoms with Crippen LogP contribution in [-0.2, 0) is 6.42 Å². The Kier molecular flexibility index (Phi) is 5.35. The fourth-order valence-corrected chi connectivity index (χ4v) is 3.03. The Labute approximate surface area is 156 Å². The number of carbonyl (C=O) groups is 1. The number of hydrazone groups is 1. The summed E-state index contributed by atoms with van der Waals surface area (Å²) >= 11 is 0. The van der Waals surface area contributed by atoms with Crippen LogP contribution in [0.25, 0.3) is 0 Å². The average Bonchev–Trinajstić information content (AvgIpc) is 3.02. The summed E-state index contributed by atoms with van der Waals surface area (Å²) in [6.45, 7) is 5.80. The van der Waals surface area contributed by atoms with Crippen molar-refractivity contribution in [2.24, 2.45) is 5.10 Å². The summed E-state index contributed by atoms with van der Waals surface area (Å²) in [5.74, 6) is 0.781. The van der Waals surface area contributed by atoms with E-state index in [2.05, 4.69) is 22.4 Å². The number of nitro benzene ring substituents is 1. The quantitative estimate of drug-likeness (QED) is 0.460. The molecule has 27 heavy (non-hydrogen) atoms. The molecule has 1 aromatic heterocycles. The third-order valence-electron chi connectivity index (χ3n) is 4.34. The minimum Gasteiger partial charge on any atom is -0.455 e. The van der Waals surface area contributed by atoms with Crippen LogP contribution in [0.15, 0.2) is 46.4 Å². The van der Waals surface area contributed by atoms with Crippen LogP contribution >= 0.6 is 0 Å². The first-order chi connectivity index (χ1) is 13.0. The molecule has 1 aliphatic rings. The number of benzene rings is 1. The lowest BCUT2D eigenvalue weighted by Gasteiger charge is -2.13. The lowest BCUT2D eigenvalue weighted by molar-refractivity contribution is -0.384. The van der Waals surface area contributed by atoms with Gasteiger partial charge in [0.15, 0.2) is 5.76 Å². The van der Waals surface area contributed by atoms with Gasteiger partial charge >= 0.3 is 0 Å². The van der Waals surface area contributed by atoms with Crippen LogP contribution < -0.4 is 10.7 Å². The van der Waals surface area contributed by atoms with Gasteiger partial charge in [0.25, 0.3) is 11.6 Å². The van der Waals surface area contributed by atoms with Crippen LogP contribution in [0, 0.1) is 17.0 Å². The summed E-state index contributed by atoms with van der Waals surface area (Å²) in [4.78, 5) is 22.5. The highest BCUT2D eigenvalue weighted by atomic mass is 16.6. The van der Waals surface area contributed by atoms with Crippen molar-refractivity contribution in [1.82, 2.24) is 5.32 Å². The number of rotatable bonds is 6. The molecule has 0 aliphatic heterocycles. The van der Waals surface area contributed by atoms with Crippen molar-refractivity contribution in [2.45, 2.75) is 26.2 Å². The molecule has 2 aromatic rings. The van der Waals surface area contributed by atoms with E-state index >= 15 is 0 Å². The summed E-state index contributed by atoms with van der Waals surface area (Å²) in [6, 6.07) is 6.03. The van der Waals surface area contributed by atoms with Crippen LogP contribution in [0.4, 0.5) is 11.4 Å². The van der Waals surface area contributed by atoms with E-state index < -0.39 is 4.92 Å². The van der Waals surface area contributed by atoms with Crippen LogP contribution in [-0.4, -0.2) is 23.1 Å². The molecular weight excluding hydrogens is 348 g/mol. The van der Waals surface area contributed by atoms with Gasteiger partial charge < -0.3 is 9.73 Å². The highest BCUT2D eigenvalue weighted by molar-refractivity contribution is 6.06. The Bertz CT molecular complexity index is 913. The number of hydrogen-bond donors (Lipinski definition) is 2. The van der Waals surface area contributed by atoms with Gasteiger partial charge in [-0.05, 0) is 31.9 Å². The van der Waals surface area contributed by atoms with E-state index in [9.17, 15) is 14.9 Å². The van der Waals surface area contributed by atoms with Crippen molar-refractivity contribution in [3.63, 3.8) is 0 Å². The number of aryl methyl sites for hydroxylation is 1. The molecule has 140 valence electrons. The lowest BCUT2D eigenvalue weighted by atomic mass is 9.93. The van der Waals surface area contributed by atoms with E-state index in [4.69, 9.17) is 4.42 Å². The maximum absolute atomic E-state index is 12.3. The minimum absolute atomic E-state index is 0.0222. The topological polar surface area (TPSA) is 110 Å². The molecule has 8 nitrogen and oxygen atoms in total. The molecule has 1 heterocycles. The molecule has 0 atom stereocenters. The summed E-state index contributed by atoms with van der Waals surface area (Å²) in [5, 5.41) is 17.9. The van der Waals surface area contributed by atoms with Crippen LogP contribution in [0.2, 0.25) is 0 Å². The van der Waals surface area contributed by atoms with E-state index in [1.165, 1.54) is 12.1 Å². The number of nitrogens with one attached hydrogen (secondary N) is 2. The number of hydrogen-bond acceptors (Lipinski definition) is 6. The summed E-state index contributed by atoms with van der Waals surface area (Å²) in [6.07, 6.45) is 3.98. The molecule has 1 aromatic carbocycles. The summed E-state index contributed by atoms with van der Waals surface area (Å²) < 4.78 is 5.79. The van der Waals surface area contributed by atoms with Crippen molar-refractivity contribution in [3.05, 3.63) is 69.7 Å². The van der Waals surface area contributed by atoms with E-state index in [-0.39, 0.29) is 11.6 Å². The van der Waals surface area contributed by atoms with E-state index in [0.29, 0.717) is 18.0 Å². The average molecular weight is 368 g/mol. The Morgan fingerprint density at radius 1 is 1.37 bits per heavy atom. The first kappa shape index (κ1) is 18.4. The second kappa shape index (κ2) is 7.86. The lowest BCUT2D eigenvalue weighted by Crippen LogP contribution is -2.23. The zero-order valence-corrected chi connectivity index (χ0v) is 14.9. The van der Waals surface area contributed by atoms with Crippen molar-refractivity contribution in [3.8, 4) is 0 Å². The predicted molar refractivity (Wildman–Crippen MR) is 102 cm³/mol. The van der Waals surface area contributed by atoms with Gasteiger partial charge in [0, 0.05) is 36.2 Å². The third-order valence-corrected chi connectivity index (χ3v) is 4.34. The van der Waals surface area contributed by atoms with E-state index in [1.54, 1.807) is 18.2 Å². The fourth-order valence-electron chi connectivity index (χ4n) is 3.03. The first-order valence-corrected chi connectivity index (χ1v) is 8.60. The molecular formula is C19H20N4O4. The van der Waals surface area contributed by atoms with Crippen LogP contribution in [0.5, 0.6) is 0 Å². The maximum atomic E-state index is 12.3. The van der Waals surface area contributed by atoms with Gasteiger partial charge in [-0.15, -0.1) is 6.58 Å². The molecule has 8 heteroatoms. The molecule has 0 saturated heterocycles. The number of amides is 1. The highest BCUT2D eigenvalue weighted by Crippen LogP contribution is 2.30. The maximum Gasteiger partial charge on any atom is 0.287 e. The number of carbonyl (C=O) groups excluding carboxylic acids is 1. The molecule has 3 rings (SSSR count). The molecule has 0 fully saturated rings. The Hall–Kier alpha value is -3.42. The number of nitro groups is 1.